The summed E-state index contributed by atoms with van der Waals surface area (Å²) in [6.45, 7) is 12.6. The van der Waals surface area contributed by atoms with Gasteiger partial charge in [0, 0.05) is 25.2 Å². The van der Waals surface area contributed by atoms with Gasteiger partial charge in [-0.1, -0.05) is 20.8 Å². The van der Waals surface area contributed by atoms with E-state index >= 15 is 0 Å². The lowest BCUT2D eigenvalue weighted by Crippen LogP contribution is -2.59. The van der Waals surface area contributed by atoms with Crippen LogP contribution in [0.3, 0.4) is 0 Å². The zero-order valence-electron chi connectivity index (χ0n) is 18.5. The van der Waals surface area contributed by atoms with Gasteiger partial charge in [0.25, 0.3) is 0 Å². The van der Waals surface area contributed by atoms with E-state index in [-0.39, 0.29) is 42.4 Å². The van der Waals surface area contributed by atoms with Crippen LogP contribution in [-0.2, 0) is 14.4 Å². The minimum absolute atomic E-state index is 0.0168. The molecule has 1 rings (SSSR count). The van der Waals surface area contributed by atoms with Gasteiger partial charge in [0.15, 0.2) is 0 Å². The van der Waals surface area contributed by atoms with Crippen molar-refractivity contribution < 1.29 is 14.4 Å². The Morgan fingerprint density at radius 2 is 1.82 bits per heavy atom. The third-order valence-corrected chi connectivity index (χ3v) is 5.41. The number of nitrogens with one attached hydrogen (secondary N) is 2. The van der Waals surface area contributed by atoms with Crippen LogP contribution in [0.1, 0.15) is 54.4 Å². The summed E-state index contributed by atoms with van der Waals surface area (Å²) in [5.41, 5.74) is 5.12. The molecular weight excluding hydrogens is 358 g/mol. The molecule has 3 amide bonds. The van der Waals surface area contributed by atoms with E-state index in [1.54, 1.807) is 18.9 Å². The number of nitrogens with zero attached hydrogens (tertiary/aromatic N) is 2. The van der Waals surface area contributed by atoms with Crippen LogP contribution in [0.15, 0.2) is 0 Å². The molecule has 0 aromatic carbocycles. The van der Waals surface area contributed by atoms with E-state index in [1.165, 1.54) is 0 Å². The predicted molar refractivity (Wildman–Crippen MR) is 111 cm³/mol. The SMILES string of the molecule is CN[C@@H](C)C(=O)N[C@H](C(=O)N1CCC[C@H]1CN(C(=O)CN)C(C)C)C(C)(C)C. The average molecular weight is 398 g/mol. The number of rotatable bonds is 8. The van der Waals surface area contributed by atoms with Crippen molar-refractivity contribution in [1.29, 1.82) is 0 Å². The normalized spacial score (nSPS) is 19.5. The smallest absolute Gasteiger partial charge is 0.246 e. The lowest BCUT2D eigenvalue weighted by molar-refractivity contribution is -0.142. The highest BCUT2D eigenvalue weighted by Gasteiger charge is 2.40. The molecule has 0 aliphatic carbocycles. The number of carbonyl (C=O) groups excluding carboxylic acids is 3. The average Bonchev–Trinajstić information content (AvgIpc) is 3.09. The van der Waals surface area contributed by atoms with Crippen molar-refractivity contribution in [2.24, 2.45) is 11.1 Å². The van der Waals surface area contributed by atoms with Gasteiger partial charge in [-0.2, -0.15) is 0 Å². The summed E-state index contributed by atoms with van der Waals surface area (Å²) in [6, 6.07) is -1.06. The zero-order valence-corrected chi connectivity index (χ0v) is 18.5. The highest BCUT2D eigenvalue weighted by molar-refractivity contribution is 5.90. The highest BCUT2D eigenvalue weighted by Crippen LogP contribution is 2.26. The predicted octanol–water partition coefficient (Wildman–Crippen LogP) is 0.312. The Hall–Kier alpha value is -1.67. The number of hydrogen-bond acceptors (Lipinski definition) is 5. The fourth-order valence-electron chi connectivity index (χ4n) is 3.47. The van der Waals surface area contributed by atoms with Gasteiger partial charge >= 0.3 is 0 Å². The summed E-state index contributed by atoms with van der Waals surface area (Å²) < 4.78 is 0. The summed E-state index contributed by atoms with van der Waals surface area (Å²) in [6.07, 6.45) is 1.72. The highest BCUT2D eigenvalue weighted by atomic mass is 16.2. The quantitative estimate of drug-likeness (QED) is 0.546. The van der Waals surface area contributed by atoms with Gasteiger partial charge in [0.05, 0.1) is 12.6 Å². The molecule has 28 heavy (non-hydrogen) atoms. The summed E-state index contributed by atoms with van der Waals surface area (Å²) in [5, 5.41) is 5.82. The fraction of sp³-hybridized carbons (Fsp3) is 0.850. The molecule has 0 radical (unpaired) electrons. The Balaban J connectivity index is 3.00. The zero-order chi connectivity index (χ0) is 21.6. The minimum Gasteiger partial charge on any atom is -0.342 e. The molecule has 8 heteroatoms. The first kappa shape index (κ1) is 24.4. The summed E-state index contributed by atoms with van der Waals surface area (Å²) in [4.78, 5) is 41.6. The van der Waals surface area contributed by atoms with Crippen LogP contribution in [-0.4, -0.2) is 78.4 Å². The Kier molecular flexibility index (Phi) is 8.88. The molecule has 1 heterocycles. The molecule has 3 atom stereocenters. The molecule has 1 aliphatic heterocycles. The molecule has 162 valence electrons. The van der Waals surface area contributed by atoms with Gasteiger partial charge in [0.2, 0.25) is 17.7 Å². The maximum Gasteiger partial charge on any atom is 0.246 e. The molecule has 0 aromatic rings. The molecule has 8 nitrogen and oxygen atoms in total. The van der Waals surface area contributed by atoms with Gasteiger partial charge in [-0.05, 0) is 46.1 Å². The van der Waals surface area contributed by atoms with Gasteiger partial charge in [-0.3, -0.25) is 14.4 Å². The maximum atomic E-state index is 13.4. The van der Waals surface area contributed by atoms with Crippen molar-refractivity contribution in [2.75, 3.05) is 26.7 Å². The van der Waals surface area contributed by atoms with E-state index in [0.717, 1.165) is 12.8 Å². The number of carbonyl (C=O) groups is 3. The van der Waals surface area contributed by atoms with Crippen molar-refractivity contribution in [3.8, 4) is 0 Å². The van der Waals surface area contributed by atoms with E-state index in [4.69, 9.17) is 5.73 Å². The first-order chi connectivity index (χ1) is 12.9. The maximum absolute atomic E-state index is 13.4. The molecular formula is C20H39N5O3. The lowest BCUT2D eigenvalue weighted by atomic mass is 9.85. The molecule has 0 saturated carbocycles. The van der Waals surface area contributed by atoms with Crippen molar-refractivity contribution >= 4 is 17.7 Å². The number of likely N-dealkylation sites (N-methyl/N-ethyl adjacent to an activating group) is 1. The van der Waals surface area contributed by atoms with Crippen LogP contribution >= 0.6 is 0 Å². The number of likely N-dealkylation sites (tertiary alicyclic amines) is 1. The summed E-state index contributed by atoms with van der Waals surface area (Å²) >= 11 is 0. The van der Waals surface area contributed by atoms with E-state index in [0.29, 0.717) is 13.1 Å². The monoisotopic (exact) mass is 397 g/mol. The van der Waals surface area contributed by atoms with Crippen molar-refractivity contribution in [2.45, 2.75) is 78.6 Å². The van der Waals surface area contributed by atoms with E-state index < -0.39 is 11.5 Å². The van der Waals surface area contributed by atoms with Crippen molar-refractivity contribution in [3.63, 3.8) is 0 Å². The molecule has 0 spiro atoms. The van der Waals surface area contributed by atoms with E-state index in [2.05, 4.69) is 10.6 Å². The Morgan fingerprint density at radius 1 is 1.21 bits per heavy atom. The number of amides is 3. The molecule has 1 aliphatic rings. The van der Waals surface area contributed by atoms with Crippen LogP contribution in [0.25, 0.3) is 0 Å². The molecule has 1 fully saturated rings. The van der Waals surface area contributed by atoms with Crippen molar-refractivity contribution in [3.05, 3.63) is 0 Å². The number of hydrogen-bond donors (Lipinski definition) is 3. The molecule has 0 unspecified atom stereocenters. The largest absolute Gasteiger partial charge is 0.342 e. The third-order valence-electron chi connectivity index (χ3n) is 5.41. The number of nitrogens with two attached hydrogens (primary N) is 1. The van der Waals surface area contributed by atoms with Gasteiger partial charge < -0.3 is 26.2 Å². The first-order valence-corrected chi connectivity index (χ1v) is 10.2. The van der Waals surface area contributed by atoms with Gasteiger partial charge in [-0.25, -0.2) is 0 Å². The lowest BCUT2D eigenvalue weighted by Gasteiger charge is -2.38. The van der Waals surface area contributed by atoms with Crippen LogP contribution in [0.5, 0.6) is 0 Å². The van der Waals surface area contributed by atoms with Crippen molar-refractivity contribution in [1.82, 2.24) is 20.4 Å². The van der Waals surface area contributed by atoms with E-state index in [9.17, 15) is 14.4 Å². The molecule has 0 bridgehead atoms. The minimum atomic E-state index is -0.630. The molecule has 0 aromatic heterocycles. The summed E-state index contributed by atoms with van der Waals surface area (Å²) in [5.74, 6) is -0.401. The van der Waals surface area contributed by atoms with Crippen LogP contribution in [0.4, 0.5) is 0 Å². The standard InChI is InChI=1S/C20H39N5O3/c1-13(2)25(16(26)11-21)12-15-9-8-10-24(15)19(28)17(20(4,5)6)23-18(27)14(3)22-7/h13-15,17,22H,8-12,21H2,1-7H3,(H,23,27)/t14-,15-,17+/m0/s1. The Morgan fingerprint density at radius 3 is 2.29 bits per heavy atom. The fourth-order valence-corrected chi connectivity index (χ4v) is 3.47. The molecule has 4 N–H and O–H groups in total. The second-order valence-corrected chi connectivity index (χ2v) is 8.99. The second-order valence-electron chi connectivity index (χ2n) is 8.99. The van der Waals surface area contributed by atoms with E-state index in [1.807, 2.05) is 39.5 Å². The van der Waals surface area contributed by atoms with Crippen LogP contribution in [0, 0.1) is 5.41 Å². The Labute approximate surface area is 169 Å². The van der Waals surface area contributed by atoms with Crippen LogP contribution in [0.2, 0.25) is 0 Å². The Bertz CT molecular complexity index is 559. The van der Waals surface area contributed by atoms with Gasteiger partial charge in [0.1, 0.15) is 6.04 Å². The second kappa shape index (κ2) is 10.2. The summed E-state index contributed by atoms with van der Waals surface area (Å²) in [7, 11) is 1.71. The first-order valence-electron chi connectivity index (χ1n) is 10.2. The topological polar surface area (TPSA) is 108 Å². The van der Waals surface area contributed by atoms with Crippen LogP contribution < -0.4 is 16.4 Å². The van der Waals surface area contributed by atoms with Gasteiger partial charge in [-0.15, -0.1) is 0 Å². The molecule has 1 saturated heterocycles. The third kappa shape index (κ3) is 6.17.